The van der Waals surface area contributed by atoms with Crippen LogP contribution in [0.3, 0.4) is 0 Å². The first kappa shape index (κ1) is 20.3. The molecule has 0 saturated carbocycles. The lowest BCUT2D eigenvalue weighted by Gasteiger charge is -2.08. The molecule has 0 spiro atoms. The molecule has 0 aliphatic carbocycles. The van der Waals surface area contributed by atoms with Crippen LogP contribution in [0.1, 0.15) is 24.5 Å². The Morgan fingerprint density at radius 2 is 2.03 bits per heavy atom. The van der Waals surface area contributed by atoms with E-state index in [1.807, 2.05) is 67.2 Å². The third kappa shape index (κ3) is 4.46. The van der Waals surface area contributed by atoms with Crippen molar-refractivity contribution in [3.8, 4) is 22.7 Å². The molecule has 1 atom stereocenters. The number of benzene rings is 2. The number of ether oxygens (including phenoxy) is 1. The van der Waals surface area contributed by atoms with Crippen LogP contribution in [0.5, 0.6) is 5.75 Å². The van der Waals surface area contributed by atoms with Gasteiger partial charge in [-0.2, -0.15) is 5.10 Å². The number of hydrogen-bond donors (Lipinski definition) is 0. The fourth-order valence-electron chi connectivity index (χ4n) is 3.61. The summed E-state index contributed by atoms with van der Waals surface area (Å²) >= 11 is 0. The maximum absolute atomic E-state index is 11.8. The van der Waals surface area contributed by atoms with E-state index in [2.05, 4.69) is 11.1 Å². The Morgan fingerprint density at radius 1 is 1.23 bits per heavy atom. The summed E-state index contributed by atoms with van der Waals surface area (Å²) in [5, 5.41) is 4.81. The Balaban J connectivity index is 1.72. The molecule has 0 amide bonds. The molecule has 6 nitrogen and oxygen atoms in total. The third-order valence-corrected chi connectivity index (χ3v) is 6.89. The van der Waals surface area contributed by atoms with Crippen LogP contribution in [0.25, 0.3) is 16.9 Å². The van der Waals surface area contributed by atoms with Crippen molar-refractivity contribution in [3.05, 3.63) is 65.9 Å². The summed E-state index contributed by atoms with van der Waals surface area (Å²) in [5.41, 5.74) is 4.60. The smallest absolute Gasteiger partial charge is 0.152 e. The first-order valence-corrected chi connectivity index (χ1v) is 11.9. The zero-order chi connectivity index (χ0) is 21.1. The van der Waals surface area contributed by atoms with E-state index >= 15 is 0 Å². The lowest BCUT2D eigenvalue weighted by molar-refractivity contribution is 0.338. The van der Waals surface area contributed by atoms with Crippen molar-refractivity contribution in [2.75, 3.05) is 18.1 Å². The molecule has 2 heterocycles. The molecule has 0 N–H and O–H groups in total. The molecule has 1 aliphatic heterocycles. The standard InChI is InChI=1S/C23H25N3O3S/c1-3-29-22-10-9-18(13-17(22)2)23-19(14-24-20-11-12-30(27,28)16-20)15-26(25-23)21-7-5-4-6-8-21/h4-10,13-15,20H,3,11-12,16H2,1-2H3. The zero-order valence-electron chi connectivity index (χ0n) is 17.2. The Hall–Kier alpha value is -2.93. The van der Waals surface area contributed by atoms with Crippen LogP contribution >= 0.6 is 0 Å². The average Bonchev–Trinajstić information content (AvgIpc) is 3.31. The van der Waals surface area contributed by atoms with Gasteiger partial charge in [0.15, 0.2) is 9.84 Å². The van der Waals surface area contributed by atoms with Crippen molar-refractivity contribution in [1.29, 1.82) is 0 Å². The topological polar surface area (TPSA) is 73.5 Å². The van der Waals surface area contributed by atoms with Gasteiger partial charge in [-0.25, -0.2) is 13.1 Å². The van der Waals surface area contributed by atoms with Gasteiger partial charge in [0.2, 0.25) is 0 Å². The second-order valence-corrected chi connectivity index (χ2v) is 9.69. The molecule has 2 aromatic carbocycles. The van der Waals surface area contributed by atoms with Crippen LogP contribution < -0.4 is 4.74 Å². The molecule has 30 heavy (non-hydrogen) atoms. The molecule has 1 aromatic heterocycles. The van der Waals surface area contributed by atoms with E-state index in [-0.39, 0.29) is 17.5 Å². The van der Waals surface area contributed by atoms with E-state index < -0.39 is 9.84 Å². The van der Waals surface area contributed by atoms with Crippen molar-refractivity contribution in [3.63, 3.8) is 0 Å². The Bertz CT molecular complexity index is 1170. The lowest BCUT2D eigenvalue weighted by Crippen LogP contribution is -2.07. The highest BCUT2D eigenvalue weighted by molar-refractivity contribution is 7.91. The van der Waals surface area contributed by atoms with Gasteiger partial charge in [-0.1, -0.05) is 18.2 Å². The number of aromatic nitrogens is 2. The molecule has 0 radical (unpaired) electrons. The SMILES string of the molecule is CCOc1ccc(-c2nn(-c3ccccc3)cc2C=NC2CCS(=O)(=O)C2)cc1C. The maximum Gasteiger partial charge on any atom is 0.152 e. The molecular formula is C23H25N3O3S. The zero-order valence-corrected chi connectivity index (χ0v) is 18.0. The summed E-state index contributed by atoms with van der Waals surface area (Å²) in [7, 11) is -2.96. The van der Waals surface area contributed by atoms with Gasteiger partial charge < -0.3 is 4.74 Å². The Kier molecular flexibility index (Phi) is 5.72. The van der Waals surface area contributed by atoms with Crippen LogP contribution in [-0.2, 0) is 9.84 Å². The van der Waals surface area contributed by atoms with Gasteiger partial charge >= 0.3 is 0 Å². The minimum atomic E-state index is -2.96. The fourth-order valence-corrected chi connectivity index (χ4v) is 5.25. The van der Waals surface area contributed by atoms with E-state index in [9.17, 15) is 8.42 Å². The van der Waals surface area contributed by atoms with Crippen molar-refractivity contribution in [2.45, 2.75) is 26.3 Å². The second-order valence-electron chi connectivity index (χ2n) is 7.46. The van der Waals surface area contributed by atoms with Gasteiger partial charge in [0.1, 0.15) is 11.4 Å². The van der Waals surface area contributed by atoms with Gasteiger partial charge in [0, 0.05) is 23.5 Å². The summed E-state index contributed by atoms with van der Waals surface area (Å²) < 4.78 is 31.0. The molecule has 7 heteroatoms. The predicted octanol–water partition coefficient (Wildman–Crippen LogP) is 3.85. The molecule has 3 aromatic rings. The van der Waals surface area contributed by atoms with Crippen LogP contribution in [0, 0.1) is 6.92 Å². The molecule has 1 unspecified atom stereocenters. The van der Waals surface area contributed by atoms with E-state index in [1.165, 1.54) is 0 Å². The van der Waals surface area contributed by atoms with E-state index in [4.69, 9.17) is 9.84 Å². The molecule has 0 bridgehead atoms. The van der Waals surface area contributed by atoms with Crippen LogP contribution in [0.4, 0.5) is 0 Å². The number of sulfone groups is 1. The molecule has 156 valence electrons. The highest BCUT2D eigenvalue weighted by Gasteiger charge is 2.27. The summed E-state index contributed by atoms with van der Waals surface area (Å²) in [4.78, 5) is 4.57. The first-order chi connectivity index (χ1) is 14.4. The van der Waals surface area contributed by atoms with Crippen LogP contribution in [-0.4, -0.2) is 48.6 Å². The molecule has 1 saturated heterocycles. The second kappa shape index (κ2) is 8.44. The summed E-state index contributed by atoms with van der Waals surface area (Å²) in [6, 6.07) is 15.7. The number of nitrogens with zero attached hydrogens (tertiary/aromatic N) is 3. The predicted molar refractivity (Wildman–Crippen MR) is 120 cm³/mol. The number of aryl methyl sites for hydroxylation is 1. The van der Waals surface area contributed by atoms with Crippen molar-refractivity contribution >= 4 is 16.1 Å². The van der Waals surface area contributed by atoms with Gasteiger partial charge in [0.05, 0.1) is 29.8 Å². The molecule has 4 rings (SSSR count). The number of hydrogen-bond acceptors (Lipinski definition) is 5. The average molecular weight is 424 g/mol. The lowest BCUT2D eigenvalue weighted by atomic mass is 10.1. The van der Waals surface area contributed by atoms with Gasteiger partial charge in [-0.3, -0.25) is 4.99 Å². The highest BCUT2D eigenvalue weighted by Crippen LogP contribution is 2.28. The summed E-state index contributed by atoms with van der Waals surface area (Å²) in [6.45, 7) is 4.59. The monoisotopic (exact) mass is 423 g/mol. The Morgan fingerprint density at radius 3 is 2.70 bits per heavy atom. The highest BCUT2D eigenvalue weighted by atomic mass is 32.2. The number of rotatable bonds is 6. The minimum absolute atomic E-state index is 0.119. The summed E-state index contributed by atoms with van der Waals surface area (Å²) in [6.07, 6.45) is 4.27. The largest absolute Gasteiger partial charge is 0.494 e. The van der Waals surface area contributed by atoms with E-state index in [0.29, 0.717) is 13.0 Å². The quantitative estimate of drug-likeness (QED) is 0.565. The normalized spacial score (nSPS) is 18.1. The van der Waals surface area contributed by atoms with Crippen molar-refractivity contribution in [1.82, 2.24) is 9.78 Å². The van der Waals surface area contributed by atoms with Gasteiger partial charge in [-0.15, -0.1) is 0 Å². The Labute approximate surface area is 177 Å². The van der Waals surface area contributed by atoms with E-state index in [0.717, 1.165) is 33.8 Å². The van der Waals surface area contributed by atoms with E-state index in [1.54, 1.807) is 6.21 Å². The maximum atomic E-state index is 11.8. The van der Waals surface area contributed by atoms with Crippen LogP contribution in [0.2, 0.25) is 0 Å². The minimum Gasteiger partial charge on any atom is -0.494 e. The number of aliphatic imine (C=N–C) groups is 1. The van der Waals surface area contributed by atoms with Crippen LogP contribution in [0.15, 0.2) is 59.7 Å². The number of para-hydroxylation sites is 1. The van der Waals surface area contributed by atoms with Crippen molar-refractivity contribution < 1.29 is 13.2 Å². The third-order valence-electron chi connectivity index (χ3n) is 5.14. The molecular weight excluding hydrogens is 398 g/mol. The molecule has 1 fully saturated rings. The molecule has 1 aliphatic rings. The fraction of sp³-hybridized carbons (Fsp3) is 0.304. The van der Waals surface area contributed by atoms with Gasteiger partial charge in [-0.05, 0) is 56.2 Å². The summed E-state index contributed by atoms with van der Waals surface area (Å²) in [5.74, 6) is 1.19. The van der Waals surface area contributed by atoms with Crippen molar-refractivity contribution in [2.24, 2.45) is 4.99 Å². The first-order valence-electron chi connectivity index (χ1n) is 10.1. The van der Waals surface area contributed by atoms with Gasteiger partial charge in [0.25, 0.3) is 0 Å².